The maximum atomic E-state index is 10.3. The van der Waals surface area contributed by atoms with E-state index in [1.54, 1.807) is 0 Å². The number of carbonyl (C=O) groups excluding carboxylic acids is 2. The SMILES string of the molecule is CC(C)(C)[C@H](C=O)NC=O. The third-order valence-corrected chi connectivity index (χ3v) is 1.32. The van der Waals surface area contributed by atoms with E-state index >= 15 is 0 Å². The molecular weight excluding hydrogens is 130 g/mol. The van der Waals surface area contributed by atoms with Gasteiger partial charge in [0.2, 0.25) is 6.41 Å². The minimum absolute atomic E-state index is 0.192. The average molecular weight is 143 g/mol. The lowest BCUT2D eigenvalue weighted by molar-refractivity contribution is -0.117. The smallest absolute Gasteiger partial charge is 0.207 e. The zero-order valence-corrected chi connectivity index (χ0v) is 6.55. The Hall–Kier alpha value is -0.860. The van der Waals surface area contributed by atoms with Crippen LogP contribution in [-0.4, -0.2) is 18.7 Å². The van der Waals surface area contributed by atoms with E-state index < -0.39 is 0 Å². The standard InChI is InChI=1S/C7H13NO2/c1-7(2,3)6(4-9)8-5-10/h4-6H,1-3H3,(H,8,10)/t6-/m0/s1. The first kappa shape index (κ1) is 9.14. The maximum absolute atomic E-state index is 10.3. The Kier molecular flexibility index (Phi) is 3.06. The number of nitrogens with one attached hydrogen (secondary N) is 1. The van der Waals surface area contributed by atoms with Gasteiger partial charge in [0.25, 0.3) is 0 Å². The quantitative estimate of drug-likeness (QED) is 0.579. The normalized spacial score (nSPS) is 13.9. The maximum Gasteiger partial charge on any atom is 0.207 e. The van der Waals surface area contributed by atoms with E-state index in [9.17, 15) is 9.59 Å². The Bertz CT molecular complexity index is 126. The molecule has 0 aliphatic carbocycles. The molecule has 0 aromatic carbocycles. The van der Waals surface area contributed by atoms with Crippen molar-refractivity contribution >= 4 is 12.7 Å². The molecule has 1 N–H and O–H groups in total. The number of rotatable bonds is 3. The minimum Gasteiger partial charge on any atom is -0.349 e. The molecule has 0 fully saturated rings. The Morgan fingerprint density at radius 2 is 1.80 bits per heavy atom. The molecule has 0 bridgehead atoms. The van der Waals surface area contributed by atoms with Gasteiger partial charge in [0.15, 0.2) is 0 Å². The third kappa shape index (κ3) is 2.62. The van der Waals surface area contributed by atoms with E-state index in [1.807, 2.05) is 20.8 Å². The molecule has 0 heterocycles. The summed E-state index contributed by atoms with van der Waals surface area (Å²) in [6.45, 7) is 5.67. The summed E-state index contributed by atoms with van der Waals surface area (Å²) in [4.78, 5) is 20.3. The van der Waals surface area contributed by atoms with Crippen LogP contribution >= 0.6 is 0 Å². The molecule has 58 valence electrons. The van der Waals surface area contributed by atoms with Crippen molar-refractivity contribution in [3.8, 4) is 0 Å². The fraction of sp³-hybridized carbons (Fsp3) is 0.714. The van der Waals surface area contributed by atoms with E-state index in [0.29, 0.717) is 6.41 Å². The van der Waals surface area contributed by atoms with Crippen LogP contribution in [0.25, 0.3) is 0 Å². The van der Waals surface area contributed by atoms with Crippen molar-refractivity contribution in [1.82, 2.24) is 5.32 Å². The summed E-state index contributed by atoms with van der Waals surface area (Å²) in [5, 5.41) is 2.42. The molecule has 1 amide bonds. The van der Waals surface area contributed by atoms with Gasteiger partial charge in [0.1, 0.15) is 6.29 Å². The summed E-state index contributed by atoms with van der Waals surface area (Å²) in [5.74, 6) is 0. The van der Waals surface area contributed by atoms with Crippen molar-refractivity contribution in [2.45, 2.75) is 26.8 Å². The highest BCUT2D eigenvalue weighted by atomic mass is 16.1. The van der Waals surface area contributed by atoms with Gasteiger partial charge in [-0.05, 0) is 5.41 Å². The summed E-state index contributed by atoms with van der Waals surface area (Å²) in [7, 11) is 0. The first-order valence-electron chi connectivity index (χ1n) is 3.17. The summed E-state index contributed by atoms with van der Waals surface area (Å²) in [6, 6.07) is -0.384. The topological polar surface area (TPSA) is 46.2 Å². The lowest BCUT2D eigenvalue weighted by atomic mass is 9.88. The summed E-state index contributed by atoms with van der Waals surface area (Å²) in [5.41, 5.74) is -0.192. The van der Waals surface area contributed by atoms with Crippen LogP contribution in [0.1, 0.15) is 20.8 Å². The number of hydrogen-bond acceptors (Lipinski definition) is 2. The van der Waals surface area contributed by atoms with Crippen molar-refractivity contribution in [3.05, 3.63) is 0 Å². The predicted molar refractivity (Wildman–Crippen MR) is 38.5 cm³/mol. The lowest BCUT2D eigenvalue weighted by Gasteiger charge is -2.24. The number of amides is 1. The van der Waals surface area contributed by atoms with Crippen LogP contribution in [0.15, 0.2) is 0 Å². The third-order valence-electron chi connectivity index (χ3n) is 1.32. The summed E-state index contributed by atoms with van der Waals surface area (Å²) in [6.07, 6.45) is 1.29. The lowest BCUT2D eigenvalue weighted by Crippen LogP contribution is -2.40. The highest BCUT2D eigenvalue weighted by molar-refractivity contribution is 5.64. The molecule has 0 aliphatic rings. The second-order valence-corrected chi connectivity index (χ2v) is 3.26. The molecular formula is C7H13NO2. The van der Waals surface area contributed by atoms with Crippen LogP contribution < -0.4 is 5.32 Å². The number of hydrogen-bond donors (Lipinski definition) is 1. The Balaban J connectivity index is 4.05. The molecule has 0 radical (unpaired) electrons. The Morgan fingerprint density at radius 3 is 1.90 bits per heavy atom. The highest BCUT2D eigenvalue weighted by Gasteiger charge is 2.22. The van der Waals surface area contributed by atoms with Gasteiger partial charge in [-0.3, -0.25) is 4.79 Å². The molecule has 0 spiro atoms. The van der Waals surface area contributed by atoms with Crippen LogP contribution in [0.5, 0.6) is 0 Å². The van der Waals surface area contributed by atoms with Gasteiger partial charge in [-0.25, -0.2) is 0 Å². The van der Waals surface area contributed by atoms with Crippen molar-refractivity contribution in [2.24, 2.45) is 5.41 Å². The van der Waals surface area contributed by atoms with Gasteiger partial charge in [0.05, 0.1) is 6.04 Å². The molecule has 3 heteroatoms. The monoisotopic (exact) mass is 143 g/mol. The molecule has 0 saturated carbocycles. The molecule has 0 rings (SSSR count). The second-order valence-electron chi connectivity index (χ2n) is 3.26. The molecule has 0 aromatic rings. The van der Waals surface area contributed by atoms with Gasteiger partial charge in [0, 0.05) is 0 Å². The Labute approximate surface area is 60.8 Å². The van der Waals surface area contributed by atoms with Crippen LogP contribution in [0.3, 0.4) is 0 Å². The van der Waals surface area contributed by atoms with E-state index in [4.69, 9.17) is 0 Å². The van der Waals surface area contributed by atoms with Gasteiger partial charge >= 0.3 is 0 Å². The first-order chi connectivity index (χ1) is 4.52. The summed E-state index contributed by atoms with van der Waals surface area (Å²) >= 11 is 0. The number of carbonyl (C=O) groups is 2. The zero-order chi connectivity index (χ0) is 8.20. The summed E-state index contributed by atoms with van der Waals surface area (Å²) < 4.78 is 0. The molecule has 10 heavy (non-hydrogen) atoms. The predicted octanol–water partition coefficient (Wildman–Crippen LogP) is 0.346. The molecule has 3 nitrogen and oxygen atoms in total. The van der Waals surface area contributed by atoms with Crippen molar-refractivity contribution < 1.29 is 9.59 Å². The van der Waals surface area contributed by atoms with Gasteiger partial charge in [-0.15, -0.1) is 0 Å². The number of aldehydes is 1. The molecule has 0 unspecified atom stereocenters. The zero-order valence-electron chi connectivity index (χ0n) is 6.55. The second kappa shape index (κ2) is 3.34. The fourth-order valence-corrected chi connectivity index (χ4v) is 0.567. The first-order valence-corrected chi connectivity index (χ1v) is 3.17. The average Bonchev–Trinajstić information content (AvgIpc) is 1.80. The molecule has 0 aliphatic heterocycles. The van der Waals surface area contributed by atoms with Crippen LogP contribution in [-0.2, 0) is 9.59 Å². The van der Waals surface area contributed by atoms with Gasteiger partial charge < -0.3 is 10.1 Å². The molecule has 0 aromatic heterocycles. The van der Waals surface area contributed by atoms with E-state index in [2.05, 4.69) is 5.32 Å². The van der Waals surface area contributed by atoms with Crippen molar-refractivity contribution in [3.63, 3.8) is 0 Å². The van der Waals surface area contributed by atoms with E-state index in [0.717, 1.165) is 6.29 Å². The van der Waals surface area contributed by atoms with E-state index in [-0.39, 0.29) is 11.5 Å². The van der Waals surface area contributed by atoms with Crippen LogP contribution in [0, 0.1) is 5.41 Å². The van der Waals surface area contributed by atoms with Crippen LogP contribution in [0.2, 0.25) is 0 Å². The Morgan fingerprint density at radius 1 is 1.30 bits per heavy atom. The molecule has 0 saturated heterocycles. The highest BCUT2D eigenvalue weighted by Crippen LogP contribution is 2.16. The van der Waals surface area contributed by atoms with E-state index in [1.165, 1.54) is 0 Å². The molecule has 1 atom stereocenters. The minimum atomic E-state index is -0.384. The van der Waals surface area contributed by atoms with Gasteiger partial charge in [-0.1, -0.05) is 20.8 Å². The van der Waals surface area contributed by atoms with Crippen molar-refractivity contribution in [1.29, 1.82) is 0 Å². The van der Waals surface area contributed by atoms with Crippen molar-refractivity contribution in [2.75, 3.05) is 0 Å². The fourth-order valence-electron chi connectivity index (χ4n) is 0.567. The van der Waals surface area contributed by atoms with Gasteiger partial charge in [-0.2, -0.15) is 0 Å². The van der Waals surface area contributed by atoms with Crippen LogP contribution in [0.4, 0.5) is 0 Å². The largest absolute Gasteiger partial charge is 0.349 e.